The molecule has 2 aliphatic carbocycles. The number of amides is 4. The second kappa shape index (κ2) is 14.8. The quantitative estimate of drug-likeness (QED) is 0.342. The molecule has 51 heavy (non-hydrogen) atoms. The van der Waals surface area contributed by atoms with Crippen molar-refractivity contribution in [3.05, 3.63) is 47.3 Å². The first-order valence-corrected chi connectivity index (χ1v) is 20.0. The number of nitrogens with one attached hydrogen (secondary N) is 3. The lowest BCUT2D eigenvalue weighted by Crippen LogP contribution is -2.55. The number of rotatable bonds is 8. The number of hydrogen-bond acceptors (Lipinski definition) is 9. The Bertz CT molecular complexity index is 1660. The molecule has 7 rings (SSSR count). The summed E-state index contributed by atoms with van der Waals surface area (Å²) < 4.78 is 53.4. The summed E-state index contributed by atoms with van der Waals surface area (Å²) in [6.07, 6.45) is 9.69. The van der Waals surface area contributed by atoms with Gasteiger partial charge in [0.2, 0.25) is 27.7 Å². The molecule has 4 fully saturated rings. The van der Waals surface area contributed by atoms with E-state index in [1.165, 1.54) is 15.9 Å². The Morgan fingerprint density at radius 3 is 2.69 bits per heavy atom. The largest absolute Gasteiger partial charge is 0.444 e. The number of nitrogens with zero attached hydrogens (tertiary/aromatic N) is 2. The first-order valence-electron chi connectivity index (χ1n) is 18.4. The van der Waals surface area contributed by atoms with E-state index < -0.39 is 56.9 Å². The molecular weight excluding hydrogens is 681 g/mol. The summed E-state index contributed by atoms with van der Waals surface area (Å²) >= 11 is 0. The molecule has 278 valence electrons. The maximum atomic E-state index is 14.4. The van der Waals surface area contributed by atoms with Gasteiger partial charge in [0.05, 0.1) is 42.4 Å². The van der Waals surface area contributed by atoms with E-state index in [1.54, 1.807) is 12.1 Å². The normalized spacial score (nSPS) is 31.8. The average molecular weight is 730 g/mol. The number of sulfonamides is 1. The highest BCUT2D eigenvalue weighted by Gasteiger charge is 2.57. The zero-order valence-corrected chi connectivity index (χ0v) is 29.6. The molecule has 1 aromatic rings. The number of halogens is 1. The summed E-state index contributed by atoms with van der Waals surface area (Å²) in [5.41, 5.74) is 0.132. The van der Waals surface area contributed by atoms with E-state index >= 15 is 0 Å². The highest BCUT2D eigenvalue weighted by atomic mass is 32.2. The van der Waals surface area contributed by atoms with E-state index in [2.05, 4.69) is 21.4 Å². The van der Waals surface area contributed by atoms with Crippen LogP contribution in [-0.2, 0) is 47.0 Å². The highest BCUT2D eigenvalue weighted by molar-refractivity contribution is 7.90. The van der Waals surface area contributed by atoms with Crippen LogP contribution in [0, 0.1) is 11.7 Å². The van der Waals surface area contributed by atoms with Crippen molar-refractivity contribution in [1.82, 2.24) is 25.2 Å². The fourth-order valence-electron chi connectivity index (χ4n) is 7.99. The number of ether oxygens (including phenoxy) is 2. The van der Waals surface area contributed by atoms with Crippen LogP contribution in [0.3, 0.4) is 0 Å². The van der Waals surface area contributed by atoms with Crippen LogP contribution in [0.4, 0.5) is 9.18 Å². The Morgan fingerprint density at radius 1 is 1.08 bits per heavy atom. The lowest BCUT2D eigenvalue weighted by atomic mass is 10.0. The van der Waals surface area contributed by atoms with Crippen LogP contribution < -0.4 is 15.4 Å². The summed E-state index contributed by atoms with van der Waals surface area (Å²) in [5.74, 6) is -2.01. The van der Waals surface area contributed by atoms with Gasteiger partial charge in [0.15, 0.2) is 0 Å². The lowest BCUT2D eigenvalue weighted by molar-refractivity contribution is -0.141. The molecule has 3 N–H and O–H groups in total. The van der Waals surface area contributed by atoms with Crippen molar-refractivity contribution in [1.29, 1.82) is 0 Å². The summed E-state index contributed by atoms with van der Waals surface area (Å²) in [4.78, 5) is 57.9. The fraction of sp³-hybridized carbons (Fsp3) is 0.667. The molecule has 13 nitrogen and oxygen atoms in total. The van der Waals surface area contributed by atoms with E-state index in [1.807, 2.05) is 6.08 Å². The molecule has 4 amide bonds. The highest BCUT2D eigenvalue weighted by Crippen LogP contribution is 2.48. The second-order valence-corrected chi connectivity index (χ2v) is 17.0. The van der Waals surface area contributed by atoms with Crippen LogP contribution in [0.2, 0.25) is 0 Å². The minimum Gasteiger partial charge on any atom is -0.444 e. The van der Waals surface area contributed by atoms with E-state index in [-0.39, 0.29) is 56.2 Å². The Hall–Kier alpha value is -3.56. The molecule has 0 bridgehead atoms. The number of carbonyl (C=O) groups excluding carboxylic acids is 4. The predicted octanol–water partition coefficient (Wildman–Crippen LogP) is 2.78. The first-order chi connectivity index (χ1) is 24.5. The SMILES string of the molecule is O=C(C[C@@]12C[C@H]1/C=C\CCCCC[C@H](NCC1CCCO1)C(=O)N1C[C@H](OC(=O)N3Cc4cccc(F)c4C3)C[C@H]1C(=O)N2)NS(=O)(=O)C1CC1. The van der Waals surface area contributed by atoms with Crippen LogP contribution in [0.15, 0.2) is 30.4 Å². The van der Waals surface area contributed by atoms with Gasteiger partial charge in [-0.25, -0.2) is 17.6 Å². The van der Waals surface area contributed by atoms with Gasteiger partial charge in [-0.3, -0.25) is 24.0 Å². The number of fused-ring (bicyclic) bond motifs is 3. The molecule has 6 aliphatic rings. The third-order valence-corrected chi connectivity index (χ3v) is 13.0. The van der Waals surface area contributed by atoms with E-state index in [9.17, 15) is 32.0 Å². The maximum absolute atomic E-state index is 14.4. The third-order valence-electron chi connectivity index (χ3n) is 11.1. The van der Waals surface area contributed by atoms with E-state index in [0.29, 0.717) is 50.0 Å². The Morgan fingerprint density at radius 2 is 1.92 bits per heavy atom. The van der Waals surface area contributed by atoms with Crippen molar-refractivity contribution < 1.29 is 41.5 Å². The molecule has 1 aromatic carbocycles. The average Bonchev–Trinajstić information content (AvgIpc) is 3.82. The lowest BCUT2D eigenvalue weighted by Gasteiger charge is -2.30. The van der Waals surface area contributed by atoms with Gasteiger partial charge in [-0.2, -0.15) is 0 Å². The molecule has 0 spiro atoms. The molecule has 15 heteroatoms. The summed E-state index contributed by atoms with van der Waals surface area (Å²) in [6, 6.07) is 3.13. The standard InChI is InChI=1S/C36H48FN5O8S/c37-29-11-6-8-23-20-41(22-28(23)29)35(46)50-26-16-31-33(44)39-36(18-32(43)40-51(47,48)27-13-14-27)17-24(36)9-4-2-1-3-5-12-30(34(45)42(31)21-26)38-19-25-10-7-15-49-25/h4,6,8-9,11,24-27,30-31,38H,1-3,5,7,10,12-22H2,(H,39,44)(H,40,43)/b9-4-/t24-,25?,26-,30+,31+,36+/m1/s1. The van der Waals surface area contributed by atoms with Gasteiger partial charge in [0.1, 0.15) is 18.0 Å². The fourth-order valence-corrected chi connectivity index (χ4v) is 9.30. The molecule has 2 saturated heterocycles. The van der Waals surface area contributed by atoms with E-state index in [0.717, 1.165) is 38.5 Å². The van der Waals surface area contributed by atoms with Gasteiger partial charge < -0.3 is 25.0 Å². The summed E-state index contributed by atoms with van der Waals surface area (Å²) in [7, 11) is -3.77. The maximum Gasteiger partial charge on any atom is 0.410 e. The zero-order valence-electron chi connectivity index (χ0n) is 28.8. The van der Waals surface area contributed by atoms with Gasteiger partial charge in [-0.05, 0) is 63.0 Å². The zero-order chi connectivity index (χ0) is 35.8. The van der Waals surface area contributed by atoms with Crippen LogP contribution >= 0.6 is 0 Å². The van der Waals surface area contributed by atoms with Crippen molar-refractivity contribution in [2.24, 2.45) is 5.92 Å². The first kappa shape index (κ1) is 35.8. The van der Waals surface area contributed by atoms with Crippen LogP contribution in [0.5, 0.6) is 0 Å². The smallest absolute Gasteiger partial charge is 0.410 e. The Kier molecular flexibility index (Phi) is 10.4. The topological polar surface area (TPSA) is 163 Å². The van der Waals surface area contributed by atoms with Gasteiger partial charge in [-0.15, -0.1) is 0 Å². The molecule has 1 unspecified atom stereocenters. The molecule has 4 aliphatic heterocycles. The number of allylic oxidation sites excluding steroid dienone is 1. The number of carbonyl (C=O) groups is 4. The monoisotopic (exact) mass is 729 g/mol. The molecular formula is C36H48FN5O8S. The minimum atomic E-state index is -3.77. The number of hydrogen-bond donors (Lipinski definition) is 3. The molecule has 0 radical (unpaired) electrons. The van der Waals surface area contributed by atoms with Crippen molar-refractivity contribution >= 4 is 33.8 Å². The Balaban J connectivity index is 1.10. The van der Waals surface area contributed by atoms with Crippen LogP contribution in [0.1, 0.15) is 88.2 Å². The van der Waals surface area contributed by atoms with E-state index in [4.69, 9.17) is 9.47 Å². The molecule has 0 aromatic heterocycles. The van der Waals surface area contributed by atoms with Gasteiger partial charge in [-0.1, -0.05) is 37.1 Å². The minimum absolute atomic E-state index is 0.00174. The van der Waals surface area contributed by atoms with Crippen molar-refractivity contribution in [3.63, 3.8) is 0 Å². The molecule has 4 heterocycles. The van der Waals surface area contributed by atoms with Crippen LogP contribution in [-0.4, -0.2) is 96.8 Å². The van der Waals surface area contributed by atoms with Crippen molar-refractivity contribution in [3.8, 4) is 0 Å². The molecule has 2 saturated carbocycles. The number of benzene rings is 1. The second-order valence-electron chi connectivity index (χ2n) is 15.0. The van der Waals surface area contributed by atoms with Gasteiger partial charge >= 0.3 is 6.09 Å². The Labute approximate surface area is 298 Å². The third kappa shape index (κ3) is 8.25. The van der Waals surface area contributed by atoms with Crippen molar-refractivity contribution in [2.45, 2.75) is 125 Å². The van der Waals surface area contributed by atoms with Gasteiger partial charge in [0.25, 0.3) is 0 Å². The summed E-state index contributed by atoms with van der Waals surface area (Å²) in [5, 5.41) is 5.90. The van der Waals surface area contributed by atoms with Crippen molar-refractivity contribution in [2.75, 3.05) is 19.7 Å². The predicted molar refractivity (Wildman–Crippen MR) is 183 cm³/mol. The van der Waals surface area contributed by atoms with Crippen LogP contribution in [0.25, 0.3) is 0 Å². The molecule has 6 atom stereocenters. The summed E-state index contributed by atoms with van der Waals surface area (Å²) in [6.45, 7) is 1.42. The van der Waals surface area contributed by atoms with Gasteiger partial charge in [0, 0.05) is 37.6 Å².